The average molecular weight is 283 g/mol. The highest BCUT2D eigenvalue weighted by Crippen LogP contribution is 2.14. The zero-order valence-corrected chi connectivity index (χ0v) is 11.7. The Bertz CT molecular complexity index is 501. The minimum absolute atomic E-state index is 0.0492. The van der Waals surface area contributed by atoms with Crippen molar-refractivity contribution in [2.75, 3.05) is 13.1 Å². The van der Waals surface area contributed by atoms with E-state index in [4.69, 9.17) is 5.11 Å². The maximum atomic E-state index is 13.6. The van der Waals surface area contributed by atoms with Gasteiger partial charge in [0, 0.05) is 36.8 Å². The molecule has 0 aromatic heterocycles. The Hall–Kier alpha value is -1.75. The monoisotopic (exact) mass is 283 g/mol. The molecule has 0 aliphatic heterocycles. The van der Waals surface area contributed by atoms with E-state index in [0.29, 0.717) is 18.0 Å². The zero-order chi connectivity index (χ0) is 15.3. The minimum atomic E-state index is -1.07. The summed E-state index contributed by atoms with van der Waals surface area (Å²) in [6.45, 7) is 8.41. The number of nitrogens with zero attached hydrogens (tertiary/aromatic N) is 1. The van der Waals surface area contributed by atoms with Crippen molar-refractivity contribution in [3.63, 3.8) is 0 Å². The van der Waals surface area contributed by atoms with Gasteiger partial charge in [0.1, 0.15) is 11.6 Å². The molecule has 0 saturated carbocycles. The normalized spacial score (nSPS) is 11.1. The summed E-state index contributed by atoms with van der Waals surface area (Å²) in [6.07, 6.45) is 0. The fourth-order valence-corrected chi connectivity index (χ4v) is 1.93. The molecule has 0 aliphatic carbocycles. The zero-order valence-electron chi connectivity index (χ0n) is 11.7. The van der Waals surface area contributed by atoms with Crippen LogP contribution in [-0.2, 0) is 11.3 Å². The second kappa shape index (κ2) is 7.14. The van der Waals surface area contributed by atoms with Gasteiger partial charge in [0.25, 0.3) is 0 Å². The SMILES string of the molecule is C=C(CN(Cc1ccc(F)cc1F)CC(C)C)C(=O)O. The highest BCUT2D eigenvalue weighted by molar-refractivity contribution is 5.86. The van der Waals surface area contributed by atoms with E-state index in [1.807, 2.05) is 13.8 Å². The molecule has 0 unspecified atom stereocenters. The molecule has 1 aromatic rings. The molecule has 0 saturated heterocycles. The molecule has 0 spiro atoms. The lowest BCUT2D eigenvalue weighted by Crippen LogP contribution is -2.31. The molecule has 0 bridgehead atoms. The van der Waals surface area contributed by atoms with Crippen LogP contribution in [0.15, 0.2) is 30.4 Å². The highest BCUT2D eigenvalue weighted by Gasteiger charge is 2.15. The minimum Gasteiger partial charge on any atom is -0.478 e. The molecular weight excluding hydrogens is 264 g/mol. The molecule has 0 aliphatic rings. The summed E-state index contributed by atoms with van der Waals surface area (Å²) in [6, 6.07) is 3.40. The molecule has 3 nitrogen and oxygen atoms in total. The summed E-state index contributed by atoms with van der Waals surface area (Å²) in [5.74, 6) is -2.03. The Morgan fingerprint density at radius 3 is 2.55 bits per heavy atom. The number of rotatable bonds is 7. The van der Waals surface area contributed by atoms with Crippen molar-refractivity contribution in [1.82, 2.24) is 4.90 Å². The van der Waals surface area contributed by atoms with E-state index in [1.54, 1.807) is 4.90 Å². The van der Waals surface area contributed by atoms with Gasteiger partial charge >= 0.3 is 5.97 Å². The van der Waals surface area contributed by atoms with Crippen molar-refractivity contribution < 1.29 is 18.7 Å². The highest BCUT2D eigenvalue weighted by atomic mass is 19.1. The molecule has 1 rings (SSSR count). The summed E-state index contributed by atoms with van der Waals surface area (Å²) in [7, 11) is 0. The molecule has 5 heteroatoms. The fourth-order valence-electron chi connectivity index (χ4n) is 1.93. The Labute approximate surface area is 117 Å². The first-order valence-corrected chi connectivity index (χ1v) is 6.37. The van der Waals surface area contributed by atoms with Gasteiger partial charge in [-0.3, -0.25) is 4.90 Å². The summed E-state index contributed by atoms with van der Waals surface area (Å²) in [5, 5.41) is 8.87. The summed E-state index contributed by atoms with van der Waals surface area (Å²) >= 11 is 0. The molecule has 0 atom stereocenters. The van der Waals surface area contributed by atoms with Gasteiger partial charge in [-0.2, -0.15) is 0 Å². The fraction of sp³-hybridized carbons (Fsp3) is 0.400. The van der Waals surface area contributed by atoms with Gasteiger partial charge in [-0.1, -0.05) is 26.5 Å². The number of halogens is 2. The van der Waals surface area contributed by atoms with E-state index in [2.05, 4.69) is 6.58 Å². The van der Waals surface area contributed by atoms with Crippen molar-refractivity contribution in [2.45, 2.75) is 20.4 Å². The maximum absolute atomic E-state index is 13.6. The number of hydrogen-bond donors (Lipinski definition) is 1. The van der Waals surface area contributed by atoms with E-state index in [0.717, 1.165) is 6.07 Å². The number of benzene rings is 1. The van der Waals surface area contributed by atoms with Crippen molar-refractivity contribution in [2.24, 2.45) is 5.92 Å². The van der Waals surface area contributed by atoms with Crippen LogP contribution < -0.4 is 0 Å². The third-order valence-corrected chi connectivity index (χ3v) is 2.75. The molecule has 0 heterocycles. The molecule has 110 valence electrons. The molecule has 1 N–H and O–H groups in total. The predicted molar refractivity (Wildman–Crippen MR) is 73.2 cm³/mol. The first-order valence-electron chi connectivity index (χ1n) is 6.37. The van der Waals surface area contributed by atoms with Crippen LogP contribution in [-0.4, -0.2) is 29.1 Å². The van der Waals surface area contributed by atoms with Gasteiger partial charge in [0.2, 0.25) is 0 Å². The van der Waals surface area contributed by atoms with Crippen molar-refractivity contribution in [3.8, 4) is 0 Å². The van der Waals surface area contributed by atoms with Crippen LogP contribution in [0, 0.1) is 17.6 Å². The lowest BCUT2D eigenvalue weighted by Gasteiger charge is -2.24. The second-order valence-electron chi connectivity index (χ2n) is 5.21. The van der Waals surface area contributed by atoms with Crippen LogP contribution in [0.5, 0.6) is 0 Å². The molecule has 0 amide bonds. The standard InChI is InChI=1S/C15H19F2NO2/c1-10(2)7-18(8-11(3)15(19)20)9-12-4-5-13(16)6-14(12)17/h4-6,10H,3,7-9H2,1-2H3,(H,19,20). The van der Waals surface area contributed by atoms with Crippen molar-refractivity contribution in [1.29, 1.82) is 0 Å². The number of carbonyl (C=O) groups is 1. The first-order chi connectivity index (χ1) is 9.29. The molecular formula is C15H19F2NO2. The molecule has 1 aromatic carbocycles. The van der Waals surface area contributed by atoms with Crippen LogP contribution in [0.1, 0.15) is 19.4 Å². The van der Waals surface area contributed by atoms with Crippen LogP contribution >= 0.6 is 0 Å². The average Bonchev–Trinajstić information content (AvgIpc) is 2.31. The maximum Gasteiger partial charge on any atom is 0.332 e. The Kier molecular flexibility index (Phi) is 5.82. The smallest absolute Gasteiger partial charge is 0.332 e. The topological polar surface area (TPSA) is 40.5 Å². The van der Waals surface area contributed by atoms with Crippen molar-refractivity contribution >= 4 is 5.97 Å². The molecule has 20 heavy (non-hydrogen) atoms. The van der Waals surface area contributed by atoms with E-state index in [1.165, 1.54) is 12.1 Å². The van der Waals surface area contributed by atoms with E-state index in [9.17, 15) is 13.6 Å². The third-order valence-electron chi connectivity index (χ3n) is 2.75. The summed E-state index contributed by atoms with van der Waals surface area (Å²) < 4.78 is 26.5. The predicted octanol–water partition coefficient (Wildman–Crippen LogP) is 3.06. The summed E-state index contributed by atoms with van der Waals surface area (Å²) in [5.41, 5.74) is 0.387. The van der Waals surface area contributed by atoms with E-state index >= 15 is 0 Å². The van der Waals surface area contributed by atoms with Crippen LogP contribution in [0.2, 0.25) is 0 Å². The van der Waals surface area contributed by atoms with Gasteiger partial charge in [-0.15, -0.1) is 0 Å². The number of carboxylic acid groups (broad SMARTS) is 1. The lowest BCUT2D eigenvalue weighted by atomic mass is 10.1. The second-order valence-corrected chi connectivity index (χ2v) is 5.21. The third kappa shape index (κ3) is 5.09. The Balaban J connectivity index is 2.83. The largest absolute Gasteiger partial charge is 0.478 e. The van der Waals surface area contributed by atoms with Gasteiger partial charge in [0.15, 0.2) is 0 Å². The molecule has 0 fully saturated rings. The van der Waals surface area contributed by atoms with Gasteiger partial charge in [0.05, 0.1) is 0 Å². The van der Waals surface area contributed by atoms with Crippen LogP contribution in [0.3, 0.4) is 0 Å². The van der Waals surface area contributed by atoms with Crippen LogP contribution in [0.4, 0.5) is 8.78 Å². The number of aliphatic carboxylic acids is 1. The van der Waals surface area contributed by atoms with Gasteiger partial charge < -0.3 is 5.11 Å². The van der Waals surface area contributed by atoms with Crippen molar-refractivity contribution in [3.05, 3.63) is 47.5 Å². The first kappa shape index (κ1) is 16.3. The van der Waals surface area contributed by atoms with Crippen LogP contribution in [0.25, 0.3) is 0 Å². The van der Waals surface area contributed by atoms with E-state index in [-0.39, 0.29) is 18.7 Å². The Morgan fingerprint density at radius 1 is 1.40 bits per heavy atom. The summed E-state index contributed by atoms with van der Waals surface area (Å²) in [4.78, 5) is 12.6. The number of hydrogen-bond acceptors (Lipinski definition) is 2. The van der Waals surface area contributed by atoms with E-state index < -0.39 is 17.6 Å². The van der Waals surface area contributed by atoms with Gasteiger partial charge in [-0.05, 0) is 12.0 Å². The number of carboxylic acids is 1. The lowest BCUT2D eigenvalue weighted by molar-refractivity contribution is -0.132. The Morgan fingerprint density at radius 2 is 2.05 bits per heavy atom. The molecule has 0 radical (unpaired) electrons. The van der Waals surface area contributed by atoms with Gasteiger partial charge in [-0.25, -0.2) is 13.6 Å². The quantitative estimate of drug-likeness (QED) is 0.782.